The summed E-state index contributed by atoms with van der Waals surface area (Å²) in [4.78, 5) is 22.5. The third-order valence-electron chi connectivity index (χ3n) is 3.38. The van der Waals surface area contributed by atoms with Gasteiger partial charge in [0.2, 0.25) is 5.56 Å². The summed E-state index contributed by atoms with van der Waals surface area (Å²) in [5.41, 5.74) is -0.0499. The Morgan fingerprint density at radius 2 is 2.10 bits per heavy atom. The summed E-state index contributed by atoms with van der Waals surface area (Å²) in [6.07, 6.45) is 2.95. The number of carboxylic acids is 1. The molecule has 0 aromatic carbocycles. The van der Waals surface area contributed by atoms with E-state index < -0.39 is 22.2 Å². The summed E-state index contributed by atoms with van der Waals surface area (Å²) in [5.74, 6) is -1.15. The van der Waals surface area contributed by atoms with Gasteiger partial charge in [0.25, 0.3) is 0 Å². The minimum Gasteiger partial charge on any atom is -0.480 e. The first-order valence-corrected chi connectivity index (χ1v) is 7.94. The van der Waals surface area contributed by atoms with Crippen LogP contribution in [0.1, 0.15) is 19.3 Å². The molecule has 0 saturated carbocycles. The summed E-state index contributed by atoms with van der Waals surface area (Å²) in [5, 5.41) is 9.14. The van der Waals surface area contributed by atoms with Crippen LogP contribution in [0.2, 0.25) is 0 Å². The molecule has 2 heterocycles. The number of hydrogen-bond acceptors (Lipinski definition) is 4. The topological polar surface area (TPSA) is 109 Å². The molecular formula is C12H17N3O5S. The molecule has 0 radical (unpaired) electrons. The molecule has 1 aliphatic heterocycles. The minimum atomic E-state index is -3.97. The number of aryl methyl sites for hydroxylation is 1. The van der Waals surface area contributed by atoms with Crippen molar-refractivity contribution in [2.24, 2.45) is 7.05 Å². The molecule has 0 spiro atoms. The Morgan fingerprint density at radius 1 is 1.38 bits per heavy atom. The molecule has 0 bridgehead atoms. The zero-order chi connectivity index (χ0) is 15.6. The van der Waals surface area contributed by atoms with E-state index in [1.165, 1.54) is 29.9 Å². The van der Waals surface area contributed by atoms with Crippen molar-refractivity contribution in [1.82, 2.24) is 8.87 Å². The maximum Gasteiger partial charge on any atom is 0.322 e. The number of nitrogens with one attached hydrogen (secondary N) is 1. The van der Waals surface area contributed by atoms with E-state index in [1.807, 2.05) is 0 Å². The molecule has 116 valence electrons. The predicted octanol–water partition coefficient (Wildman–Crippen LogP) is -0.0189. The van der Waals surface area contributed by atoms with Crippen LogP contribution >= 0.6 is 0 Å². The van der Waals surface area contributed by atoms with Crippen LogP contribution in [0.4, 0.5) is 5.69 Å². The number of nitrogens with zero attached hydrogens (tertiary/aromatic N) is 2. The average Bonchev–Trinajstić information content (AvgIpc) is 2.42. The number of carbonyl (C=O) groups is 1. The zero-order valence-corrected chi connectivity index (χ0v) is 12.3. The van der Waals surface area contributed by atoms with Crippen LogP contribution < -0.4 is 10.3 Å². The Morgan fingerprint density at radius 3 is 2.71 bits per heavy atom. The van der Waals surface area contributed by atoms with E-state index in [0.717, 1.165) is 4.31 Å². The van der Waals surface area contributed by atoms with Gasteiger partial charge in [0.15, 0.2) is 0 Å². The summed E-state index contributed by atoms with van der Waals surface area (Å²) >= 11 is 0. The Labute approximate surface area is 122 Å². The predicted molar refractivity (Wildman–Crippen MR) is 76.2 cm³/mol. The number of hydrogen-bond donors (Lipinski definition) is 2. The van der Waals surface area contributed by atoms with E-state index in [-0.39, 0.29) is 17.8 Å². The van der Waals surface area contributed by atoms with Crippen molar-refractivity contribution in [2.45, 2.75) is 25.3 Å². The molecule has 0 aliphatic carbocycles. The molecule has 2 rings (SSSR count). The Hall–Kier alpha value is -1.87. The van der Waals surface area contributed by atoms with E-state index in [4.69, 9.17) is 5.11 Å². The highest BCUT2D eigenvalue weighted by Gasteiger charge is 2.36. The van der Waals surface area contributed by atoms with E-state index in [2.05, 4.69) is 4.72 Å². The van der Waals surface area contributed by atoms with Gasteiger partial charge in [-0.1, -0.05) is 0 Å². The first-order chi connectivity index (χ1) is 9.81. The molecule has 1 fully saturated rings. The van der Waals surface area contributed by atoms with Gasteiger partial charge in [0, 0.05) is 25.9 Å². The highest BCUT2D eigenvalue weighted by Crippen LogP contribution is 2.22. The number of aromatic nitrogens is 1. The van der Waals surface area contributed by atoms with Gasteiger partial charge in [0.1, 0.15) is 6.04 Å². The third-order valence-corrected chi connectivity index (χ3v) is 4.93. The summed E-state index contributed by atoms with van der Waals surface area (Å²) < 4.78 is 29.2. The molecular weight excluding hydrogens is 298 g/mol. The summed E-state index contributed by atoms with van der Waals surface area (Å²) in [7, 11) is -2.47. The lowest BCUT2D eigenvalue weighted by molar-refractivity contribution is -0.142. The maximum absolute atomic E-state index is 12.3. The van der Waals surface area contributed by atoms with Gasteiger partial charge in [-0.2, -0.15) is 12.7 Å². The van der Waals surface area contributed by atoms with Gasteiger partial charge in [-0.05, 0) is 25.3 Å². The number of anilines is 1. The van der Waals surface area contributed by atoms with Crippen LogP contribution in [-0.2, 0) is 22.1 Å². The second-order valence-electron chi connectivity index (χ2n) is 4.93. The minimum absolute atomic E-state index is 0.165. The van der Waals surface area contributed by atoms with E-state index in [9.17, 15) is 18.0 Å². The van der Waals surface area contributed by atoms with Crippen LogP contribution in [0.25, 0.3) is 0 Å². The fourth-order valence-corrected chi connectivity index (χ4v) is 3.74. The smallest absolute Gasteiger partial charge is 0.322 e. The van der Waals surface area contributed by atoms with Crippen LogP contribution in [0.15, 0.2) is 23.1 Å². The first-order valence-electron chi connectivity index (χ1n) is 6.50. The van der Waals surface area contributed by atoms with Crippen molar-refractivity contribution in [1.29, 1.82) is 0 Å². The zero-order valence-electron chi connectivity index (χ0n) is 11.5. The Kier molecular flexibility index (Phi) is 4.33. The maximum atomic E-state index is 12.3. The van der Waals surface area contributed by atoms with Crippen molar-refractivity contribution >= 4 is 21.9 Å². The van der Waals surface area contributed by atoms with E-state index >= 15 is 0 Å². The van der Waals surface area contributed by atoms with Crippen molar-refractivity contribution in [3.8, 4) is 0 Å². The van der Waals surface area contributed by atoms with Gasteiger partial charge >= 0.3 is 16.2 Å². The molecule has 1 atom stereocenters. The lowest BCUT2D eigenvalue weighted by Gasteiger charge is -2.31. The number of pyridine rings is 1. The lowest BCUT2D eigenvalue weighted by Crippen LogP contribution is -2.50. The number of aliphatic carboxylic acids is 1. The highest BCUT2D eigenvalue weighted by molar-refractivity contribution is 7.90. The normalized spacial score (nSPS) is 20.1. The van der Waals surface area contributed by atoms with Crippen molar-refractivity contribution in [3.63, 3.8) is 0 Å². The quantitative estimate of drug-likeness (QED) is 0.812. The van der Waals surface area contributed by atoms with E-state index in [0.29, 0.717) is 19.3 Å². The van der Waals surface area contributed by atoms with Gasteiger partial charge in [-0.25, -0.2) is 0 Å². The SMILES string of the molecule is Cn1cc(NS(=O)(=O)N2CCCCC2C(=O)O)ccc1=O. The average molecular weight is 315 g/mol. The molecule has 0 amide bonds. The highest BCUT2D eigenvalue weighted by atomic mass is 32.2. The fourth-order valence-electron chi connectivity index (χ4n) is 2.30. The van der Waals surface area contributed by atoms with Crippen LogP contribution in [0.5, 0.6) is 0 Å². The molecule has 1 unspecified atom stereocenters. The van der Waals surface area contributed by atoms with Gasteiger partial charge < -0.3 is 9.67 Å². The van der Waals surface area contributed by atoms with Gasteiger partial charge in [-0.3, -0.25) is 14.3 Å². The second-order valence-corrected chi connectivity index (χ2v) is 6.56. The third kappa shape index (κ3) is 3.42. The standard InChI is InChI=1S/C12H17N3O5S/c1-14-8-9(5-6-11(14)16)13-21(19,20)15-7-3-2-4-10(15)12(17)18/h5-6,8,10,13H,2-4,7H2,1H3,(H,17,18). The molecule has 1 aliphatic rings. The molecule has 21 heavy (non-hydrogen) atoms. The van der Waals surface area contributed by atoms with Crippen molar-refractivity contribution < 1.29 is 18.3 Å². The lowest BCUT2D eigenvalue weighted by atomic mass is 10.1. The fraction of sp³-hybridized carbons (Fsp3) is 0.500. The van der Waals surface area contributed by atoms with Crippen molar-refractivity contribution in [2.75, 3.05) is 11.3 Å². The van der Waals surface area contributed by atoms with Crippen molar-refractivity contribution in [3.05, 3.63) is 28.7 Å². The monoisotopic (exact) mass is 315 g/mol. The van der Waals surface area contributed by atoms with Gasteiger partial charge in [0.05, 0.1) is 5.69 Å². The second kappa shape index (κ2) is 5.86. The Bertz CT molecular complexity index is 697. The Balaban J connectivity index is 2.25. The van der Waals surface area contributed by atoms with Crippen LogP contribution in [0, 0.1) is 0 Å². The molecule has 2 N–H and O–H groups in total. The molecule has 1 aromatic rings. The molecule has 1 aromatic heterocycles. The summed E-state index contributed by atoms with van der Waals surface area (Å²) in [6.45, 7) is 0.165. The van der Waals surface area contributed by atoms with E-state index in [1.54, 1.807) is 0 Å². The number of piperidine rings is 1. The summed E-state index contributed by atoms with van der Waals surface area (Å²) in [6, 6.07) is 1.53. The van der Waals surface area contributed by atoms with Gasteiger partial charge in [-0.15, -0.1) is 0 Å². The number of rotatable bonds is 4. The largest absolute Gasteiger partial charge is 0.480 e. The van der Waals surface area contributed by atoms with Crippen LogP contribution in [0.3, 0.4) is 0 Å². The first kappa shape index (κ1) is 15.5. The van der Waals surface area contributed by atoms with Crippen LogP contribution in [-0.4, -0.2) is 41.0 Å². The molecule has 1 saturated heterocycles. The molecule has 9 heteroatoms. The molecule has 8 nitrogen and oxygen atoms in total. The number of carboxylic acid groups (broad SMARTS) is 1.